The average Bonchev–Trinajstić information content (AvgIpc) is 2.26. The maximum absolute atomic E-state index is 4.66. The summed E-state index contributed by atoms with van der Waals surface area (Å²) in [5, 5.41) is 1.23. The highest BCUT2D eigenvalue weighted by Crippen LogP contribution is 2.22. The number of hydrogen-bond donors (Lipinski definition) is 0. The van der Waals surface area contributed by atoms with E-state index in [2.05, 4.69) is 41.4 Å². The highest BCUT2D eigenvalue weighted by molar-refractivity contribution is 5.81. The van der Waals surface area contributed by atoms with E-state index >= 15 is 0 Å². The van der Waals surface area contributed by atoms with E-state index in [1.807, 2.05) is 6.07 Å². The van der Waals surface area contributed by atoms with Crippen LogP contribution in [0.5, 0.6) is 0 Å². The number of fused-ring (bicyclic) bond motifs is 2. The second-order valence-electron chi connectivity index (χ2n) is 3.66. The molecule has 3 rings (SSSR count). The summed E-state index contributed by atoms with van der Waals surface area (Å²) in [6.07, 6.45) is 6.60. The number of aromatic nitrogens is 1. The molecule has 1 aliphatic rings. The SMILES string of the molecule is C1=Cc2cc3ccccc3nc2CC1. The molecule has 0 saturated heterocycles. The van der Waals surface area contributed by atoms with E-state index in [9.17, 15) is 0 Å². The summed E-state index contributed by atoms with van der Waals surface area (Å²) >= 11 is 0. The second kappa shape index (κ2) is 2.95. The van der Waals surface area contributed by atoms with Crippen LogP contribution in [0.2, 0.25) is 0 Å². The first-order chi connectivity index (χ1) is 6.93. The molecule has 1 nitrogen and oxygen atoms in total. The number of benzene rings is 1. The van der Waals surface area contributed by atoms with Crippen LogP contribution in [0.1, 0.15) is 17.7 Å². The summed E-state index contributed by atoms with van der Waals surface area (Å²) in [5.74, 6) is 0. The number of nitrogens with zero attached hydrogens (tertiary/aromatic N) is 1. The lowest BCUT2D eigenvalue weighted by Crippen LogP contribution is -1.97. The van der Waals surface area contributed by atoms with Crippen LogP contribution < -0.4 is 0 Å². The molecule has 1 heterocycles. The van der Waals surface area contributed by atoms with Crippen molar-refractivity contribution in [2.24, 2.45) is 0 Å². The van der Waals surface area contributed by atoms with Crippen LogP contribution in [0.25, 0.3) is 17.0 Å². The minimum Gasteiger partial charge on any atom is -0.252 e. The molecule has 68 valence electrons. The van der Waals surface area contributed by atoms with Gasteiger partial charge < -0.3 is 0 Å². The summed E-state index contributed by atoms with van der Waals surface area (Å²) < 4.78 is 0. The molecule has 0 fully saturated rings. The molecule has 2 aromatic rings. The van der Waals surface area contributed by atoms with Gasteiger partial charge in [-0.25, -0.2) is 0 Å². The Bertz CT molecular complexity index is 512. The van der Waals surface area contributed by atoms with Crippen molar-refractivity contribution in [1.82, 2.24) is 4.98 Å². The molecule has 0 atom stereocenters. The lowest BCUT2D eigenvalue weighted by Gasteiger charge is -2.10. The Balaban J connectivity index is 2.34. The summed E-state index contributed by atoms with van der Waals surface area (Å²) in [6, 6.07) is 10.5. The van der Waals surface area contributed by atoms with Gasteiger partial charge in [-0.2, -0.15) is 0 Å². The van der Waals surface area contributed by atoms with Gasteiger partial charge in [0.15, 0.2) is 0 Å². The van der Waals surface area contributed by atoms with E-state index in [1.54, 1.807) is 0 Å². The number of para-hydroxylation sites is 1. The normalized spacial score (nSPS) is 14.3. The van der Waals surface area contributed by atoms with Gasteiger partial charge in [-0.15, -0.1) is 0 Å². The molecule has 0 aliphatic heterocycles. The van der Waals surface area contributed by atoms with Gasteiger partial charge in [-0.1, -0.05) is 30.4 Å². The lowest BCUT2D eigenvalue weighted by atomic mass is 10.0. The molecule has 0 amide bonds. The second-order valence-corrected chi connectivity index (χ2v) is 3.66. The first-order valence-electron chi connectivity index (χ1n) is 4.99. The average molecular weight is 181 g/mol. The molecule has 0 spiro atoms. The number of allylic oxidation sites excluding steroid dienone is 1. The molecule has 1 aliphatic carbocycles. The third-order valence-corrected chi connectivity index (χ3v) is 2.68. The van der Waals surface area contributed by atoms with Crippen molar-refractivity contribution in [2.75, 3.05) is 0 Å². The minimum atomic E-state index is 1.08. The van der Waals surface area contributed by atoms with Crippen LogP contribution >= 0.6 is 0 Å². The van der Waals surface area contributed by atoms with Crippen molar-refractivity contribution < 1.29 is 0 Å². The highest BCUT2D eigenvalue weighted by atomic mass is 14.7. The molecule has 14 heavy (non-hydrogen) atoms. The quantitative estimate of drug-likeness (QED) is 0.608. The predicted molar refractivity (Wildman–Crippen MR) is 59.1 cm³/mol. The molecule has 0 radical (unpaired) electrons. The van der Waals surface area contributed by atoms with Crippen LogP contribution in [0, 0.1) is 0 Å². The van der Waals surface area contributed by atoms with Crippen LogP contribution in [-0.2, 0) is 6.42 Å². The van der Waals surface area contributed by atoms with E-state index in [0.717, 1.165) is 18.4 Å². The van der Waals surface area contributed by atoms with Crippen molar-refractivity contribution in [3.05, 3.63) is 47.7 Å². The molecular formula is C13H11N. The standard InChI is InChI=1S/C13H11N/c1-3-7-12-10(5-1)9-11-6-2-4-8-13(11)14-12/h1-3,5-7,9H,4,8H2. The van der Waals surface area contributed by atoms with Crippen LogP contribution in [0.4, 0.5) is 0 Å². The first-order valence-corrected chi connectivity index (χ1v) is 4.99. The zero-order valence-corrected chi connectivity index (χ0v) is 7.90. The Morgan fingerprint density at radius 1 is 1.14 bits per heavy atom. The van der Waals surface area contributed by atoms with Gasteiger partial charge >= 0.3 is 0 Å². The van der Waals surface area contributed by atoms with Crippen molar-refractivity contribution >= 4 is 17.0 Å². The van der Waals surface area contributed by atoms with Crippen LogP contribution in [0.3, 0.4) is 0 Å². The molecule has 0 bridgehead atoms. The summed E-state index contributed by atoms with van der Waals surface area (Å²) in [6.45, 7) is 0. The number of pyridine rings is 1. The minimum absolute atomic E-state index is 1.08. The smallest absolute Gasteiger partial charge is 0.0705 e. The van der Waals surface area contributed by atoms with Crippen molar-refractivity contribution in [2.45, 2.75) is 12.8 Å². The van der Waals surface area contributed by atoms with Crippen molar-refractivity contribution in [1.29, 1.82) is 0 Å². The number of rotatable bonds is 0. The van der Waals surface area contributed by atoms with Gasteiger partial charge in [0.05, 0.1) is 5.52 Å². The van der Waals surface area contributed by atoms with Gasteiger partial charge in [0, 0.05) is 11.1 Å². The molecule has 1 aromatic heterocycles. The van der Waals surface area contributed by atoms with Gasteiger partial charge in [0.1, 0.15) is 0 Å². The maximum atomic E-state index is 4.66. The number of aryl methyl sites for hydroxylation is 1. The summed E-state index contributed by atoms with van der Waals surface area (Å²) in [5.41, 5.74) is 3.64. The zero-order chi connectivity index (χ0) is 9.38. The molecule has 0 saturated carbocycles. The Labute approximate surface area is 83.1 Å². The van der Waals surface area contributed by atoms with E-state index in [1.165, 1.54) is 16.6 Å². The summed E-state index contributed by atoms with van der Waals surface area (Å²) in [4.78, 5) is 4.66. The first kappa shape index (κ1) is 7.74. The zero-order valence-electron chi connectivity index (χ0n) is 7.90. The summed E-state index contributed by atoms with van der Waals surface area (Å²) in [7, 11) is 0. The van der Waals surface area contributed by atoms with E-state index in [-0.39, 0.29) is 0 Å². The molecular weight excluding hydrogens is 170 g/mol. The largest absolute Gasteiger partial charge is 0.252 e. The fourth-order valence-electron chi connectivity index (χ4n) is 1.95. The maximum Gasteiger partial charge on any atom is 0.0705 e. The Hall–Kier alpha value is -1.63. The fourth-order valence-corrected chi connectivity index (χ4v) is 1.95. The lowest BCUT2D eigenvalue weighted by molar-refractivity contribution is 0.938. The fraction of sp³-hybridized carbons (Fsp3) is 0.154. The molecule has 1 aromatic carbocycles. The number of hydrogen-bond acceptors (Lipinski definition) is 1. The van der Waals surface area contributed by atoms with Gasteiger partial charge in [0.25, 0.3) is 0 Å². The molecule has 1 heteroatoms. The third-order valence-electron chi connectivity index (χ3n) is 2.68. The molecule has 0 N–H and O–H groups in total. The van der Waals surface area contributed by atoms with Gasteiger partial charge in [-0.3, -0.25) is 4.98 Å². The topological polar surface area (TPSA) is 12.9 Å². The van der Waals surface area contributed by atoms with E-state index in [4.69, 9.17) is 0 Å². The molecule has 0 unspecified atom stereocenters. The highest BCUT2D eigenvalue weighted by Gasteiger charge is 2.06. The Morgan fingerprint density at radius 3 is 3.07 bits per heavy atom. The van der Waals surface area contributed by atoms with Crippen molar-refractivity contribution in [3.63, 3.8) is 0 Å². The van der Waals surface area contributed by atoms with Crippen LogP contribution in [0.15, 0.2) is 36.4 Å². The monoisotopic (exact) mass is 181 g/mol. The van der Waals surface area contributed by atoms with Crippen LogP contribution in [-0.4, -0.2) is 4.98 Å². The van der Waals surface area contributed by atoms with E-state index in [0.29, 0.717) is 0 Å². The third kappa shape index (κ3) is 1.13. The van der Waals surface area contributed by atoms with E-state index < -0.39 is 0 Å². The predicted octanol–water partition coefficient (Wildman–Crippen LogP) is 3.19. The van der Waals surface area contributed by atoms with Crippen molar-refractivity contribution in [3.8, 4) is 0 Å². The van der Waals surface area contributed by atoms with Gasteiger partial charge in [0.2, 0.25) is 0 Å². The Morgan fingerprint density at radius 2 is 2.07 bits per heavy atom. The van der Waals surface area contributed by atoms with Gasteiger partial charge in [-0.05, 0) is 30.5 Å². The Kier molecular flexibility index (Phi) is 1.63.